The van der Waals surface area contributed by atoms with Gasteiger partial charge in [0.2, 0.25) is 6.29 Å². The van der Waals surface area contributed by atoms with Crippen LogP contribution in [0.3, 0.4) is 0 Å². The van der Waals surface area contributed by atoms with Gasteiger partial charge >= 0.3 is 11.9 Å². The second-order valence-electron chi connectivity index (χ2n) is 42.3. The molecule has 14 rings (SSSR count). The van der Waals surface area contributed by atoms with Crippen molar-refractivity contribution in [1.29, 1.82) is 0 Å². The minimum absolute atomic E-state index is 0.0213. The number of nitrogens with one attached hydrogen (secondary N) is 1. The van der Waals surface area contributed by atoms with E-state index in [-0.39, 0.29) is 56.9 Å². The van der Waals surface area contributed by atoms with Crippen LogP contribution in [0.25, 0.3) is 0 Å². The van der Waals surface area contributed by atoms with Crippen LogP contribution in [0, 0.1) is 54.9 Å². The van der Waals surface area contributed by atoms with Crippen LogP contribution >= 0.6 is 0 Å². The number of carbonyl (C=O) groups is 3. The van der Waals surface area contributed by atoms with Gasteiger partial charge in [-0.25, -0.2) is 4.89 Å². The molecule has 5 aliphatic carbocycles. The highest BCUT2D eigenvalue weighted by atomic mass is 17.1. The van der Waals surface area contributed by atoms with Gasteiger partial charge in [0.25, 0.3) is 11.6 Å². The maximum absolute atomic E-state index is 16.2. The van der Waals surface area contributed by atoms with Gasteiger partial charge in [-0.15, -0.1) is 0 Å². The first-order valence-corrected chi connectivity index (χ1v) is 48.9. The molecular weight excluding hydrogens is 1860 g/mol. The van der Waals surface area contributed by atoms with E-state index in [0.29, 0.717) is 56.9 Å². The molecule has 0 radical (unpaired) electrons. The van der Waals surface area contributed by atoms with E-state index in [2.05, 4.69) is 32.2 Å². The number of nitrogens with zero attached hydrogens (tertiary/aromatic N) is 1. The summed E-state index contributed by atoms with van der Waals surface area (Å²) >= 11 is 0. The van der Waals surface area contributed by atoms with Gasteiger partial charge in [0.15, 0.2) is 56.2 Å². The number of allylic oxidation sites excluding steroid dienone is 2. The molecule has 1 aromatic rings. The summed E-state index contributed by atoms with van der Waals surface area (Å²) in [5, 5.41) is 264. The molecule has 8 heterocycles. The number of nitro groups is 1. The van der Waals surface area contributed by atoms with E-state index in [1.165, 1.54) is 39.0 Å². The first-order valence-electron chi connectivity index (χ1n) is 48.9. The molecule has 798 valence electrons. The SMILES string of the molecule is CC1OC(O[C@@H]2C(O[C@@H]3OC(CO)[C@H](O)[C@H](O)C3O)[C@H](O[C@H]3CCC4(C)C5CC=C6C7CC(C)(C)CCC7(C(=O)O[C@@H]7OC(C)[C@H](O)[C@H](O)C7OC7OC(C)[C@H](O[C@@H]8OC[C@@H](O)[C@H](O)C8O)C(O[C@@H]8OC(CO)[C@@H](O)[C@H](O[C@@H]9OC[C@@H](O)[C@H](O)C9O)C8O)[C@@H]7O)[C@@H](O)C[C@@]6(C)C5(C)CC[C@H]4C3(C)OO)OC(C(=O)NCCCCCCCCCCC(=O)OCc3cccc([N+](=O)[O-])c3)[C@H]2O)C(O)C(O)C1O. The third-order valence-electron chi connectivity index (χ3n) is 32.9. The number of rotatable bonds is 34. The van der Waals surface area contributed by atoms with E-state index >= 15 is 4.79 Å². The van der Waals surface area contributed by atoms with E-state index in [4.69, 9.17) is 85.4 Å². The number of unbranched alkanes of at least 4 members (excludes halogenated alkanes) is 7. The summed E-state index contributed by atoms with van der Waals surface area (Å²) in [5.74, 6) is -4.07. The third kappa shape index (κ3) is 21.9. The molecule has 12 fully saturated rings. The summed E-state index contributed by atoms with van der Waals surface area (Å²) in [7, 11) is 0. The largest absolute Gasteiger partial charge is 0.461 e. The van der Waals surface area contributed by atoms with Gasteiger partial charge in [0, 0.05) is 25.1 Å². The van der Waals surface area contributed by atoms with Crippen LogP contribution in [0.4, 0.5) is 5.69 Å². The summed E-state index contributed by atoms with van der Waals surface area (Å²) in [6.45, 7) is 13.0. The zero-order valence-corrected chi connectivity index (χ0v) is 79.9. The number of benzene rings is 1. The number of esters is 2. The van der Waals surface area contributed by atoms with Gasteiger partial charge in [0.05, 0.1) is 61.9 Å². The topological polar surface area (TPSA) is 718 Å². The number of ether oxygens (including phenoxy) is 17. The van der Waals surface area contributed by atoms with E-state index in [1.54, 1.807) is 13.0 Å². The van der Waals surface area contributed by atoms with Gasteiger partial charge in [-0.1, -0.05) is 96.9 Å². The zero-order valence-electron chi connectivity index (χ0n) is 79.9. The molecule has 47 heteroatoms. The molecule has 1 amide bonds. The van der Waals surface area contributed by atoms with Gasteiger partial charge in [-0.3, -0.25) is 29.8 Å². The zero-order chi connectivity index (χ0) is 102. The van der Waals surface area contributed by atoms with Crippen LogP contribution in [0.1, 0.15) is 183 Å². The van der Waals surface area contributed by atoms with Crippen molar-refractivity contribution in [3.8, 4) is 0 Å². The van der Waals surface area contributed by atoms with Gasteiger partial charge in [-0.2, -0.15) is 0 Å². The number of aliphatic hydroxyl groups excluding tert-OH is 21. The van der Waals surface area contributed by atoms with E-state index in [0.717, 1.165) is 37.7 Å². The van der Waals surface area contributed by atoms with Crippen LogP contribution in [0.5, 0.6) is 0 Å². The number of amides is 1. The number of fused-ring (bicyclic) bond motifs is 7. The average molecular weight is 2010 g/mol. The predicted octanol–water partition coefficient (Wildman–Crippen LogP) is -3.90. The number of hydrogen-bond donors (Lipinski definition) is 23. The molecule has 4 saturated carbocycles. The van der Waals surface area contributed by atoms with Crippen LogP contribution in [0.2, 0.25) is 0 Å². The van der Waals surface area contributed by atoms with Crippen molar-refractivity contribution in [2.75, 3.05) is 33.0 Å². The summed E-state index contributed by atoms with van der Waals surface area (Å²) in [4.78, 5) is 59.9. The Morgan fingerprint density at radius 1 is 0.486 bits per heavy atom. The van der Waals surface area contributed by atoms with Gasteiger partial charge in [-0.05, 0) is 143 Å². The number of carbonyl (C=O) groups excluding carboxylic acids is 3. The molecule has 140 heavy (non-hydrogen) atoms. The van der Waals surface area contributed by atoms with Crippen molar-refractivity contribution in [2.24, 2.45) is 44.8 Å². The van der Waals surface area contributed by atoms with Crippen LogP contribution in [-0.4, -0.2) is 419 Å². The molecule has 1 aromatic carbocycles. The van der Waals surface area contributed by atoms with Crippen molar-refractivity contribution in [3.05, 3.63) is 51.6 Å². The fourth-order valence-corrected chi connectivity index (χ4v) is 24.3. The highest BCUT2D eigenvalue weighted by Crippen LogP contribution is 2.76. The van der Waals surface area contributed by atoms with Crippen molar-refractivity contribution < 1.29 is 217 Å². The lowest BCUT2D eigenvalue weighted by molar-refractivity contribution is -0.419. The van der Waals surface area contributed by atoms with Crippen molar-refractivity contribution >= 4 is 23.5 Å². The molecule has 8 aliphatic heterocycles. The van der Waals surface area contributed by atoms with E-state index < -0.39 is 339 Å². The van der Waals surface area contributed by atoms with E-state index in [1.807, 2.05) is 13.8 Å². The van der Waals surface area contributed by atoms with Crippen molar-refractivity contribution in [1.82, 2.24) is 5.32 Å². The lowest BCUT2D eigenvalue weighted by Crippen LogP contribution is -2.71. The Labute approximate surface area is 808 Å². The maximum atomic E-state index is 16.2. The Morgan fingerprint density at radius 2 is 1.01 bits per heavy atom. The quantitative estimate of drug-likeness (QED) is 0.00596. The Balaban J connectivity index is 0.695. The normalized spacial score (nSPS) is 48.0. The van der Waals surface area contributed by atoms with Gasteiger partial charge < -0.3 is 193 Å². The second kappa shape index (κ2) is 45.4. The average Bonchev–Trinajstić information content (AvgIpc) is 0.667. The van der Waals surface area contributed by atoms with Gasteiger partial charge in [0.1, 0.15) is 170 Å². The minimum atomic E-state index is -2.24. The molecule has 8 saturated heterocycles. The first-order chi connectivity index (χ1) is 66.1. The van der Waals surface area contributed by atoms with Crippen LogP contribution in [-0.2, 0) is 106 Å². The lowest BCUT2D eigenvalue weighted by atomic mass is 9.34. The Hall–Kier alpha value is -4.75. The molecule has 24 unspecified atom stereocenters. The predicted molar refractivity (Wildman–Crippen MR) is 467 cm³/mol. The number of aliphatic hydroxyl groups is 21. The fourth-order valence-electron chi connectivity index (χ4n) is 24.3. The van der Waals surface area contributed by atoms with Crippen LogP contribution < -0.4 is 5.32 Å². The molecule has 47 nitrogen and oxygen atoms in total. The van der Waals surface area contributed by atoms with Crippen LogP contribution in [0.15, 0.2) is 35.9 Å². The Morgan fingerprint density at radius 3 is 1.63 bits per heavy atom. The van der Waals surface area contributed by atoms with E-state index in [9.17, 15) is 132 Å². The highest BCUT2D eigenvalue weighted by molar-refractivity contribution is 5.82. The van der Waals surface area contributed by atoms with Crippen molar-refractivity contribution in [2.45, 2.75) is 436 Å². The monoisotopic (exact) mass is 2010 g/mol. The summed E-state index contributed by atoms with van der Waals surface area (Å²) in [6, 6.07) is 5.83. The second-order valence-corrected chi connectivity index (χ2v) is 42.3. The Kier molecular flexibility index (Phi) is 35.9. The molecule has 13 aliphatic rings. The minimum Gasteiger partial charge on any atom is -0.461 e. The third-order valence-corrected chi connectivity index (χ3v) is 32.9. The number of hydrogen-bond acceptors (Lipinski definition) is 45. The lowest BCUT2D eigenvalue weighted by Gasteiger charge is -2.71. The maximum Gasteiger partial charge on any atom is 0.317 e. The number of non-ortho nitro benzene ring substituents is 1. The van der Waals surface area contributed by atoms with Crippen molar-refractivity contribution in [3.63, 3.8) is 0 Å². The highest BCUT2D eigenvalue weighted by Gasteiger charge is 2.74. The first kappa shape index (κ1) is 111. The molecule has 0 aromatic heterocycles. The number of nitro benzene ring substituents is 1. The standard InChI is InChI=1S/C93H146N2O45/c1-39-55(102)61(108)66(113)81(126-39)134-73-68(115)75(78(118)94-30-17-15-13-11-10-12-14-16-21-54(101)123-36-42-19-18-20-43(31-42)95(120)121)136-86(77(73)138-82-67(114)62(109)59(106)48(34-96)129-82)131-53-25-26-89(6)50-23-22-44-45-32-88(4,5)28-29-93(45,52(100)33-91(44,8)90(50,7)27-24-51(89)92(53,9)140-122)87(119)139-85-76(63(110)56(103)40(2)127-85)137-83-70(117)74(71(41(3)128-83)132-79-64(111)57(104)46(98)37-124-79)135-84-69(116)72(60(107)49(35-97)130-84)133-80-65(112)58(105)47(99)38-125-80/h18-20,22,31,39-41,45-53,55-77,79-86,96-100,102-117,122H,10-17,21,23-30,32-38H2,1-9H3,(H,94,118)/t39?,40?,41?,45?,46-,47-,48?,49?,50?,51-,52+,53+,55?,56+,57+,58+,59+,60-,61?,62+,63+,64?,65?,66?,67?,68+,69?,70+,71+,72+,73+,74?,75?,76?,77?,79+,80+,81?,82+,83?,84+,85+,86-,89?,90?,91-,92?,93?/m1/s1. The molecular formula is C93H146N2O45. The fraction of sp³-hybridized carbons (Fsp3) is 0.882. The molecule has 0 bridgehead atoms. The Bertz CT molecular complexity index is 4300. The summed E-state index contributed by atoms with van der Waals surface area (Å²) in [6.07, 6.45) is -64.1. The summed E-state index contributed by atoms with van der Waals surface area (Å²) in [5.41, 5.74) is -5.32. The molecule has 48 atom stereocenters. The molecule has 23 N–H and O–H groups in total. The smallest absolute Gasteiger partial charge is 0.317 e. The summed E-state index contributed by atoms with van der Waals surface area (Å²) < 4.78 is 104. The molecule has 0 spiro atoms.